The Morgan fingerprint density at radius 2 is 0.655 bits per heavy atom. The molecule has 0 spiro atoms. The van der Waals surface area contributed by atoms with E-state index in [9.17, 15) is 0 Å². The third-order valence-electron chi connectivity index (χ3n) is 7.49. The maximum Gasteiger partial charge on any atom is 2.00 e. The van der Waals surface area contributed by atoms with Crippen LogP contribution >= 0.6 is 24.4 Å². The van der Waals surface area contributed by atoms with Gasteiger partial charge in [-0.2, -0.15) is 10.3 Å². The first-order valence-corrected chi connectivity index (χ1v) is 17.0. The van der Waals surface area contributed by atoms with E-state index in [1.807, 2.05) is 81.9 Å². The number of hydrogen-bond donors (Lipinski definition) is 0. The normalized spacial score (nSPS) is 9.64. The monoisotopic (exact) mass is 798 g/mol. The summed E-state index contributed by atoms with van der Waals surface area (Å²) < 4.78 is 3.98. The van der Waals surface area contributed by atoms with Crippen LogP contribution in [-0.2, 0) is 17.1 Å². The van der Waals surface area contributed by atoms with E-state index in [2.05, 4.69) is 127 Å². The minimum Gasteiger partial charge on any atom is -0.753 e. The zero-order valence-electron chi connectivity index (χ0n) is 29.4. The molecular weight excluding hydrogens is 769 g/mol. The number of pyridine rings is 4. The van der Waals surface area contributed by atoms with Crippen LogP contribution in [0.3, 0.4) is 0 Å². The number of benzene rings is 2. The molecular formula is C40H30FeN12S2. The number of aryl methyl sites for hydroxylation is 2. The Labute approximate surface area is 339 Å². The van der Waals surface area contributed by atoms with Crippen LogP contribution in [0.1, 0.15) is 11.1 Å². The van der Waals surface area contributed by atoms with Crippen molar-refractivity contribution in [3.8, 4) is 57.4 Å². The van der Waals surface area contributed by atoms with Gasteiger partial charge in [0.1, 0.15) is 22.8 Å². The topological polar surface area (TPSA) is 158 Å². The molecule has 0 saturated carbocycles. The molecule has 6 heterocycles. The summed E-state index contributed by atoms with van der Waals surface area (Å²) in [6.45, 7) is 4.13. The third-order valence-corrected chi connectivity index (χ3v) is 7.49. The van der Waals surface area contributed by atoms with Crippen LogP contribution in [0.4, 0.5) is 0 Å². The molecule has 8 rings (SSSR count). The van der Waals surface area contributed by atoms with Gasteiger partial charge in [-0.3, -0.25) is 29.1 Å². The summed E-state index contributed by atoms with van der Waals surface area (Å²) in [5.74, 6) is 2.78. The number of thiocarbonyl (C=S) groups is 2. The van der Waals surface area contributed by atoms with Crippen LogP contribution in [0.25, 0.3) is 68.3 Å². The Kier molecular flexibility index (Phi) is 15.9. The van der Waals surface area contributed by atoms with Crippen molar-refractivity contribution in [1.29, 1.82) is 0 Å². The molecule has 0 saturated heterocycles. The second kappa shape index (κ2) is 21.2. The van der Waals surface area contributed by atoms with E-state index < -0.39 is 0 Å². The zero-order chi connectivity index (χ0) is 38.1. The number of hydrogen-bond acceptors (Lipinski definition) is 10. The number of rotatable bonds is 6. The second-order valence-corrected chi connectivity index (χ2v) is 11.4. The quantitative estimate of drug-likeness (QED) is 0.0905. The van der Waals surface area contributed by atoms with Gasteiger partial charge >= 0.3 is 17.1 Å². The summed E-state index contributed by atoms with van der Waals surface area (Å²) in [6, 6.07) is 39.5. The Morgan fingerprint density at radius 1 is 0.418 bits per heavy atom. The Hall–Kier alpha value is -6.56. The average molecular weight is 799 g/mol. The van der Waals surface area contributed by atoms with Gasteiger partial charge in [-0.15, -0.1) is 20.4 Å². The molecule has 6 aromatic heterocycles. The van der Waals surface area contributed by atoms with Crippen molar-refractivity contribution in [2.45, 2.75) is 13.8 Å². The summed E-state index contributed by atoms with van der Waals surface area (Å²) in [4.78, 5) is 17.7. The fourth-order valence-electron chi connectivity index (χ4n) is 5.09. The molecule has 0 aliphatic heterocycles. The molecule has 12 nitrogen and oxygen atoms in total. The molecule has 15 heteroatoms. The van der Waals surface area contributed by atoms with Crippen molar-refractivity contribution < 1.29 is 17.1 Å². The van der Waals surface area contributed by atoms with Crippen molar-refractivity contribution in [3.63, 3.8) is 0 Å². The summed E-state index contributed by atoms with van der Waals surface area (Å²) in [5, 5.41) is 34.4. The van der Waals surface area contributed by atoms with Crippen molar-refractivity contribution >= 4 is 34.8 Å². The van der Waals surface area contributed by atoms with Crippen LogP contribution in [0.2, 0.25) is 0 Å². The molecule has 2 aromatic carbocycles. The SMILES string of the molecule is Cc1ccc(-n2c(-c3ccccn3)nnc2-c2ccccn2)cc1.Cc1ccc(-n2c(-c3ccccn3)nnc2-c2ccccn2)cc1.[Fe+2].[N-]=C=S.[N-]=C=S. The van der Waals surface area contributed by atoms with E-state index in [1.165, 1.54) is 21.4 Å². The van der Waals surface area contributed by atoms with E-state index in [0.29, 0.717) is 23.3 Å². The molecule has 0 aliphatic carbocycles. The van der Waals surface area contributed by atoms with Gasteiger partial charge in [-0.05, 0) is 86.6 Å². The fraction of sp³-hybridized carbons (Fsp3) is 0.0500. The van der Waals surface area contributed by atoms with Gasteiger partial charge in [0.15, 0.2) is 23.3 Å². The minimum absolute atomic E-state index is 0. The van der Waals surface area contributed by atoms with Crippen LogP contribution < -0.4 is 0 Å². The van der Waals surface area contributed by atoms with Gasteiger partial charge in [0.05, 0.1) is 0 Å². The first-order valence-electron chi connectivity index (χ1n) is 16.2. The molecule has 0 bridgehead atoms. The molecule has 0 atom stereocenters. The summed E-state index contributed by atoms with van der Waals surface area (Å²) in [5.41, 5.74) is 7.44. The Balaban J connectivity index is 0.000000211. The van der Waals surface area contributed by atoms with Gasteiger partial charge in [0.25, 0.3) is 0 Å². The smallest absolute Gasteiger partial charge is 0.753 e. The number of isothiocyanates is 2. The molecule has 0 radical (unpaired) electrons. The molecule has 0 amide bonds. The number of nitrogens with zero attached hydrogens (tertiary/aromatic N) is 12. The molecule has 8 aromatic rings. The van der Waals surface area contributed by atoms with E-state index in [0.717, 1.165) is 34.2 Å². The van der Waals surface area contributed by atoms with Crippen molar-refractivity contribution in [1.82, 2.24) is 49.5 Å². The van der Waals surface area contributed by atoms with Gasteiger partial charge in [-0.1, -0.05) is 84.1 Å². The summed E-state index contributed by atoms with van der Waals surface area (Å²) >= 11 is 7.40. The molecule has 270 valence electrons. The molecule has 0 N–H and O–H groups in total. The van der Waals surface area contributed by atoms with Crippen LogP contribution in [0.5, 0.6) is 0 Å². The third kappa shape index (κ3) is 10.8. The predicted octanol–water partition coefficient (Wildman–Crippen LogP) is 8.71. The standard InChI is InChI=1S/2C19H15N5.2CNS.Fe/c2*1-14-8-10-15(11-9-14)24-18(16-6-2-4-12-20-16)22-23-19(24)17-7-3-5-13-21-17;2*2-1-3;/h2*2-13H,1H3;;;/q;;2*-1;+2. The van der Waals surface area contributed by atoms with Gasteiger partial charge in [0.2, 0.25) is 0 Å². The maximum atomic E-state index is 7.13. The largest absolute Gasteiger partial charge is 2.00 e. The maximum absolute atomic E-state index is 7.13. The van der Waals surface area contributed by atoms with Crippen molar-refractivity contribution in [3.05, 3.63) is 168 Å². The van der Waals surface area contributed by atoms with E-state index in [1.54, 1.807) is 24.8 Å². The van der Waals surface area contributed by atoms with Gasteiger partial charge < -0.3 is 10.8 Å². The first kappa shape index (κ1) is 41.2. The van der Waals surface area contributed by atoms with Gasteiger partial charge in [-0.25, -0.2) is 0 Å². The Bertz CT molecular complexity index is 2140. The zero-order valence-corrected chi connectivity index (χ0v) is 32.1. The van der Waals surface area contributed by atoms with Gasteiger partial charge in [0, 0.05) is 36.2 Å². The predicted molar refractivity (Wildman–Crippen MR) is 217 cm³/mol. The van der Waals surface area contributed by atoms with E-state index >= 15 is 0 Å². The Morgan fingerprint density at radius 3 is 0.855 bits per heavy atom. The first-order chi connectivity index (χ1) is 26.5. The number of aromatic nitrogens is 10. The molecule has 0 fully saturated rings. The van der Waals surface area contributed by atoms with Crippen LogP contribution in [0, 0.1) is 13.8 Å². The van der Waals surface area contributed by atoms with Crippen LogP contribution in [-0.4, -0.2) is 59.8 Å². The fourth-order valence-corrected chi connectivity index (χ4v) is 5.09. The minimum atomic E-state index is 0. The second-order valence-electron chi connectivity index (χ2n) is 11.1. The molecule has 0 unspecified atom stereocenters. The van der Waals surface area contributed by atoms with Crippen molar-refractivity contribution in [2.24, 2.45) is 0 Å². The van der Waals surface area contributed by atoms with Crippen molar-refractivity contribution in [2.75, 3.05) is 0 Å². The summed E-state index contributed by atoms with van der Waals surface area (Å²) in [6.07, 6.45) is 7.02. The molecule has 55 heavy (non-hydrogen) atoms. The van der Waals surface area contributed by atoms with E-state index in [-0.39, 0.29) is 17.1 Å². The van der Waals surface area contributed by atoms with E-state index in [4.69, 9.17) is 10.8 Å². The average Bonchev–Trinajstić information content (AvgIpc) is 3.87. The van der Waals surface area contributed by atoms with Crippen LogP contribution in [0.15, 0.2) is 146 Å². The molecule has 0 aliphatic rings. The summed E-state index contributed by atoms with van der Waals surface area (Å²) in [7, 11) is 0.